The quantitative estimate of drug-likeness (QED) is 0.486. The van der Waals surface area contributed by atoms with E-state index in [1.54, 1.807) is 25.3 Å². The number of rotatable bonds is 10. The molecule has 3 aromatic rings. The Balaban J connectivity index is 1.76. The zero-order chi connectivity index (χ0) is 22.4. The lowest BCUT2D eigenvalue weighted by molar-refractivity contribution is -0.115. The van der Waals surface area contributed by atoms with Crippen LogP contribution in [0.1, 0.15) is 32.3 Å². The number of nitrogens with zero attached hydrogens (tertiary/aromatic N) is 2. The van der Waals surface area contributed by atoms with Crippen molar-refractivity contribution in [2.24, 2.45) is 0 Å². The summed E-state index contributed by atoms with van der Waals surface area (Å²) in [7, 11) is -1.97. The minimum absolute atomic E-state index is 0.186. The maximum absolute atomic E-state index is 13.0. The van der Waals surface area contributed by atoms with Gasteiger partial charge in [0.2, 0.25) is 15.9 Å². The number of thiazole rings is 1. The van der Waals surface area contributed by atoms with E-state index in [0.717, 1.165) is 24.2 Å². The van der Waals surface area contributed by atoms with Gasteiger partial charge >= 0.3 is 0 Å². The van der Waals surface area contributed by atoms with Crippen molar-refractivity contribution in [3.8, 4) is 5.75 Å². The lowest BCUT2D eigenvalue weighted by Crippen LogP contribution is -2.32. The predicted octanol–water partition coefficient (Wildman–Crippen LogP) is 4.30. The van der Waals surface area contributed by atoms with Crippen molar-refractivity contribution in [3.63, 3.8) is 0 Å². The number of amides is 1. The van der Waals surface area contributed by atoms with E-state index in [0.29, 0.717) is 28.4 Å². The first kappa shape index (κ1) is 23.2. The molecule has 7 nitrogen and oxygen atoms in total. The van der Waals surface area contributed by atoms with E-state index in [4.69, 9.17) is 4.74 Å². The highest BCUT2D eigenvalue weighted by Gasteiger charge is 2.23. The number of carbonyl (C=O) groups excluding carboxylic acids is 1. The van der Waals surface area contributed by atoms with Gasteiger partial charge in [0, 0.05) is 13.1 Å². The molecule has 1 aromatic heterocycles. The number of carbonyl (C=O) groups is 1. The van der Waals surface area contributed by atoms with Gasteiger partial charge in [0.1, 0.15) is 5.75 Å². The molecule has 1 heterocycles. The number of ether oxygens (including phenoxy) is 1. The largest absolute Gasteiger partial charge is 0.497 e. The summed E-state index contributed by atoms with van der Waals surface area (Å²) in [5, 5.41) is 3.25. The average Bonchev–Trinajstić information content (AvgIpc) is 3.15. The zero-order valence-electron chi connectivity index (χ0n) is 17.9. The van der Waals surface area contributed by atoms with Gasteiger partial charge in [-0.25, -0.2) is 13.4 Å². The van der Waals surface area contributed by atoms with Crippen LogP contribution < -0.4 is 10.1 Å². The molecule has 0 spiro atoms. The number of sulfonamides is 1. The van der Waals surface area contributed by atoms with E-state index in [2.05, 4.69) is 10.3 Å². The van der Waals surface area contributed by atoms with Gasteiger partial charge < -0.3 is 10.1 Å². The van der Waals surface area contributed by atoms with Crippen LogP contribution in [-0.2, 0) is 21.2 Å². The van der Waals surface area contributed by atoms with E-state index >= 15 is 0 Å². The molecule has 9 heteroatoms. The second-order valence-electron chi connectivity index (χ2n) is 7.13. The van der Waals surface area contributed by atoms with Crippen LogP contribution in [0.3, 0.4) is 0 Å². The molecule has 0 atom stereocenters. The normalized spacial score (nSPS) is 11.7. The molecule has 3 rings (SSSR count). The van der Waals surface area contributed by atoms with E-state index < -0.39 is 10.0 Å². The second-order valence-corrected chi connectivity index (χ2v) is 10.1. The van der Waals surface area contributed by atoms with Crippen LogP contribution in [-0.4, -0.2) is 43.8 Å². The number of fused-ring (bicyclic) bond motifs is 1. The van der Waals surface area contributed by atoms with Crippen LogP contribution in [0.25, 0.3) is 10.2 Å². The maximum Gasteiger partial charge on any atom is 0.243 e. The van der Waals surface area contributed by atoms with Crippen LogP contribution in [0.4, 0.5) is 5.13 Å². The number of hydrogen-bond donors (Lipinski definition) is 1. The summed E-state index contributed by atoms with van der Waals surface area (Å²) in [6.07, 6.45) is 1.72. The van der Waals surface area contributed by atoms with E-state index in [-0.39, 0.29) is 17.2 Å². The molecule has 1 N–H and O–H groups in total. The number of nitrogens with one attached hydrogen (secondary N) is 1. The molecule has 0 aliphatic rings. The van der Waals surface area contributed by atoms with Crippen molar-refractivity contribution in [1.29, 1.82) is 0 Å². The predicted molar refractivity (Wildman–Crippen MR) is 124 cm³/mol. The fraction of sp³-hybridized carbons (Fsp3) is 0.364. The summed E-state index contributed by atoms with van der Waals surface area (Å²) in [5.74, 6) is 0.548. The number of benzene rings is 2. The Morgan fingerprint density at radius 1 is 1.10 bits per heavy atom. The topological polar surface area (TPSA) is 88.6 Å². The third-order valence-corrected chi connectivity index (χ3v) is 7.54. The molecule has 2 aromatic carbocycles. The number of methoxy groups -OCH3 is 1. The Bertz CT molecular complexity index is 1140. The van der Waals surface area contributed by atoms with Crippen molar-refractivity contribution in [2.75, 3.05) is 25.5 Å². The molecular formula is C22H27N3O4S2. The van der Waals surface area contributed by atoms with Crippen molar-refractivity contribution >= 4 is 42.6 Å². The monoisotopic (exact) mass is 461 g/mol. The van der Waals surface area contributed by atoms with Crippen molar-refractivity contribution in [2.45, 2.75) is 38.0 Å². The number of anilines is 1. The summed E-state index contributed by atoms with van der Waals surface area (Å²) >= 11 is 1.26. The van der Waals surface area contributed by atoms with Gasteiger partial charge in [0.25, 0.3) is 0 Å². The first-order valence-corrected chi connectivity index (χ1v) is 12.5. The van der Waals surface area contributed by atoms with E-state index in [1.165, 1.54) is 15.6 Å². The lowest BCUT2D eigenvalue weighted by Gasteiger charge is -2.20. The maximum atomic E-state index is 13.0. The Kier molecular flexibility index (Phi) is 7.64. The third kappa shape index (κ3) is 5.61. The standard InChI is InChI=1S/C22H27N3O4S2/c1-4-12-25(13-5-2)31(27,28)18-10-11-19-20(15-18)30-22(23-19)24-21(26)14-16-6-8-17(29-3)9-7-16/h6-11,15H,4-5,12-14H2,1-3H3,(H,23,24,26). The van der Waals surface area contributed by atoms with Gasteiger partial charge in [0.05, 0.1) is 28.6 Å². The highest BCUT2D eigenvalue weighted by molar-refractivity contribution is 7.89. The first-order valence-electron chi connectivity index (χ1n) is 10.2. The van der Waals surface area contributed by atoms with Crippen LogP contribution in [0, 0.1) is 0 Å². The minimum atomic E-state index is -3.56. The molecule has 0 aliphatic carbocycles. The molecule has 0 unspecified atom stereocenters. The SMILES string of the molecule is CCCN(CCC)S(=O)(=O)c1ccc2nc(NC(=O)Cc3ccc(OC)cc3)sc2c1. The molecule has 0 aliphatic heterocycles. The molecule has 1 amide bonds. The molecule has 0 saturated heterocycles. The van der Waals surface area contributed by atoms with Gasteiger partial charge in [-0.1, -0.05) is 37.3 Å². The van der Waals surface area contributed by atoms with Gasteiger partial charge in [-0.2, -0.15) is 4.31 Å². The van der Waals surface area contributed by atoms with Gasteiger partial charge in [-0.15, -0.1) is 0 Å². The summed E-state index contributed by atoms with van der Waals surface area (Å²) in [6, 6.07) is 12.2. The van der Waals surface area contributed by atoms with Gasteiger partial charge in [0.15, 0.2) is 5.13 Å². The molecule has 0 fully saturated rings. The highest BCUT2D eigenvalue weighted by Crippen LogP contribution is 2.29. The van der Waals surface area contributed by atoms with Gasteiger partial charge in [-0.05, 0) is 48.7 Å². The fourth-order valence-electron chi connectivity index (χ4n) is 3.21. The van der Waals surface area contributed by atoms with Crippen LogP contribution in [0.2, 0.25) is 0 Å². The Labute approximate surface area is 187 Å². The Morgan fingerprint density at radius 3 is 2.39 bits per heavy atom. The van der Waals surface area contributed by atoms with E-state index in [1.807, 2.05) is 38.1 Å². The Hall–Kier alpha value is -2.49. The summed E-state index contributed by atoms with van der Waals surface area (Å²) < 4.78 is 33.4. The average molecular weight is 462 g/mol. The molecule has 166 valence electrons. The highest BCUT2D eigenvalue weighted by atomic mass is 32.2. The molecule has 0 radical (unpaired) electrons. The van der Waals surface area contributed by atoms with Crippen molar-refractivity contribution in [3.05, 3.63) is 48.0 Å². The molecular weight excluding hydrogens is 434 g/mol. The van der Waals surface area contributed by atoms with Crippen molar-refractivity contribution < 1.29 is 17.9 Å². The van der Waals surface area contributed by atoms with Crippen molar-refractivity contribution in [1.82, 2.24) is 9.29 Å². The lowest BCUT2D eigenvalue weighted by atomic mass is 10.1. The van der Waals surface area contributed by atoms with Crippen LogP contribution in [0.15, 0.2) is 47.4 Å². The van der Waals surface area contributed by atoms with Crippen LogP contribution >= 0.6 is 11.3 Å². The summed E-state index contributed by atoms with van der Waals surface area (Å²) in [4.78, 5) is 17.1. The summed E-state index contributed by atoms with van der Waals surface area (Å²) in [6.45, 7) is 4.91. The van der Waals surface area contributed by atoms with Gasteiger partial charge in [-0.3, -0.25) is 4.79 Å². The first-order chi connectivity index (χ1) is 14.9. The minimum Gasteiger partial charge on any atom is -0.497 e. The molecule has 31 heavy (non-hydrogen) atoms. The zero-order valence-corrected chi connectivity index (χ0v) is 19.6. The number of aromatic nitrogens is 1. The fourth-order valence-corrected chi connectivity index (χ4v) is 5.86. The molecule has 0 saturated carbocycles. The summed E-state index contributed by atoms with van der Waals surface area (Å²) in [5.41, 5.74) is 1.51. The molecule has 0 bridgehead atoms. The van der Waals surface area contributed by atoms with E-state index in [9.17, 15) is 13.2 Å². The Morgan fingerprint density at radius 2 is 1.77 bits per heavy atom. The van der Waals surface area contributed by atoms with Crippen LogP contribution in [0.5, 0.6) is 5.75 Å². The third-order valence-electron chi connectivity index (χ3n) is 4.71. The smallest absolute Gasteiger partial charge is 0.243 e. The number of hydrogen-bond acceptors (Lipinski definition) is 6. The second kappa shape index (κ2) is 10.2.